The number of nitrogens with one attached hydrogen (secondary N) is 1. The van der Waals surface area contributed by atoms with Crippen molar-refractivity contribution in [2.75, 3.05) is 5.32 Å². The maximum atomic E-state index is 9.67. The Bertz CT molecular complexity index is 1120. The van der Waals surface area contributed by atoms with E-state index in [1.807, 2.05) is 13.8 Å². The average Bonchev–Trinajstić information content (AvgIpc) is 2.72. The van der Waals surface area contributed by atoms with Gasteiger partial charge in [-0.1, -0.05) is 0 Å². The highest BCUT2D eigenvalue weighted by molar-refractivity contribution is 9.10. The van der Waals surface area contributed by atoms with Crippen LogP contribution in [0.3, 0.4) is 0 Å². The lowest BCUT2D eigenvalue weighted by Gasteiger charge is -2.15. The van der Waals surface area contributed by atoms with Gasteiger partial charge in [0.2, 0.25) is 11.8 Å². The van der Waals surface area contributed by atoms with Crippen LogP contribution in [0.2, 0.25) is 0 Å². The lowest BCUT2D eigenvalue weighted by Crippen LogP contribution is -2.05. The van der Waals surface area contributed by atoms with Crippen LogP contribution in [-0.4, -0.2) is 15.1 Å². The molecule has 0 amide bonds. The minimum atomic E-state index is -0.313. The summed E-state index contributed by atoms with van der Waals surface area (Å²) in [5.41, 5.74) is 3.72. The standard InChI is InChI=1S/C21H16BrN5O2/c1-12-7-15(10-24)8-13(2)19(12)29-20-18(22)17(11-28)26-21(27-20)25-16-5-3-14(9-23)4-6-16/h3-8,28H,11H2,1-2H3,(H,25,26,27). The Morgan fingerprint density at radius 2 is 1.66 bits per heavy atom. The van der Waals surface area contributed by atoms with E-state index in [9.17, 15) is 5.11 Å². The predicted octanol–water partition coefficient (Wildman–Crippen LogP) is 4.63. The molecule has 3 rings (SSSR count). The number of aliphatic hydroxyl groups excluding tert-OH is 1. The first-order valence-electron chi connectivity index (χ1n) is 8.58. The third-order valence-electron chi connectivity index (χ3n) is 4.10. The largest absolute Gasteiger partial charge is 0.437 e. The molecule has 0 aliphatic carbocycles. The normalized spacial score (nSPS) is 10.1. The highest BCUT2D eigenvalue weighted by atomic mass is 79.9. The number of aromatic nitrogens is 2. The van der Waals surface area contributed by atoms with E-state index < -0.39 is 0 Å². The number of aliphatic hydroxyl groups is 1. The van der Waals surface area contributed by atoms with Crippen LogP contribution >= 0.6 is 15.9 Å². The third kappa shape index (κ3) is 4.52. The minimum Gasteiger partial charge on any atom is -0.437 e. The predicted molar refractivity (Wildman–Crippen MR) is 111 cm³/mol. The van der Waals surface area contributed by atoms with Crippen LogP contribution < -0.4 is 10.1 Å². The van der Waals surface area contributed by atoms with Gasteiger partial charge in [-0.05, 0) is 77.3 Å². The SMILES string of the molecule is Cc1cc(C#N)cc(C)c1Oc1nc(Nc2ccc(C#N)cc2)nc(CO)c1Br. The summed E-state index contributed by atoms with van der Waals surface area (Å²) in [5.74, 6) is 1.05. The van der Waals surface area contributed by atoms with Crippen LogP contribution in [0.1, 0.15) is 27.9 Å². The van der Waals surface area contributed by atoms with Crippen LogP contribution in [0.5, 0.6) is 11.6 Å². The van der Waals surface area contributed by atoms with Gasteiger partial charge in [-0.3, -0.25) is 0 Å². The fraction of sp³-hybridized carbons (Fsp3) is 0.143. The van der Waals surface area contributed by atoms with E-state index in [-0.39, 0.29) is 18.4 Å². The molecular formula is C21H16BrN5O2. The van der Waals surface area contributed by atoms with Crippen molar-refractivity contribution in [2.45, 2.75) is 20.5 Å². The summed E-state index contributed by atoms with van der Waals surface area (Å²) in [6.07, 6.45) is 0. The molecule has 29 heavy (non-hydrogen) atoms. The molecule has 0 fully saturated rings. The van der Waals surface area contributed by atoms with Crippen LogP contribution in [0, 0.1) is 36.5 Å². The van der Waals surface area contributed by atoms with Gasteiger partial charge in [-0.2, -0.15) is 15.5 Å². The van der Waals surface area contributed by atoms with E-state index in [2.05, 4.69) is 43.4 Å². The van der Waals surface area contributed by atoms with Crippen molar-refractivity contribution >= 4 is 27.6 Å². The number of rotatable bonds is 5. The molecule has 1 aromatic heterocycles. The molecule has 0 saturated carbocycles. The Morgan fingerprint density at radius 1 is 1.03 bits per heavy atom. The highest BCUT2D eigenvalue weighted by Crippen LogP contribution is 2.35. The molecule has 0 aliphatic rings. The molecule has 0 aliphatic heterocycles. The summed E-state index contributed by atoms with van der Waals surface area (Å²) in [4.78, 5) is 8.70. The molecule has 8 heteroatoms. The number of benzene rings is 2. The first-order chi connectivity index (χ1) is 13.9. The van der Waals surface area contributed by atoms with E-state index in [0.29, 0.717) is 32.7 Å². The number of halogens is 1. The lowest BCUT2D eigenvalue weighted by atomic mass is 10.1. The molecule has 0 atom stereocenters. The molecule has 0 radical (unpaired) electrons. The molecule has 0 unspecified atom stereocenters. The minimum absolute atomic E-state index is 0.233. The van der Waals surface area contributed by atoms with Crippen molar-refractivity contribution in [1.82, 2.24) is 9.97 Å². The Morgan fingerprint density at radius 3 is 2.21 bits per heavy atom. The van der Waals surface area contributed by atoms with Gasteiger partial charge in [0, 0.05) is 5.69 Å². The molecule has 0 bridgehead atoms. The monoisotopic (exact) mass is 449 g/mol. The zero-order valence-corrected chi connectivity index (χ0v) is 17.3. The van der Waals surface area contributed by atoms with Gasteiger partial charge in [-0.15, -0.1) is 0 Å². The van der Waals surface area contributed by atoms with Crippen molar-refractivity contribution in [3.05, 3.63) is 68.8 Å². The summed E-state index contributed by atoms with van der Waals surface area (Å²) in [6, 6.07) is 14.5. The van der Waals surface area contributed by atoms with Crippen LogP contribution in [0.15, 0.2) is 40.9 Å². The summed E-state index contributed by atoms with van der Waals surface area (Å²) >= 11 is 3.39. The Hall–Kier alpha value is -3.46. The van der Waals surface area contributed by atoms with Gasteiger partial charge >= 0.3 is 0 Å². The van der Waals surface area contributed by atoms with Crippen molar-refractivity contribution in [2.24, 2.45) is 0 Å². The van der Waals surface area contributed by atoms with Crippen LogP contribution in [-0.2, 0) is 6.61 Å². The van der Waals surface area contributed by atoms with Gasteiger partial charge in [0.15, 0.2) is 0 Å². The van der Waals surface area contributed by atoms with E-state index in [1.165, 1.54) is 0 Å². The Balaban J connectivity index is 1.98. The number of ether oxygens (including phenoxy) is 1. The molecule has 1 heterocycles. The molecule has 0 spiro atoms. The van der Waals surface area contributed by atoms with Crippen LogP contribution in [0.4, 0.5) is 11.6 Å². The van der Waals surface area contributed by atoms with Crippen LogP contribution in [0.25, 0.3) is 0 Å². The van der Waals surface area contributed by atoms with Gasteiger partial charge < -0.3 is 15.2 Å². The molecule has 0 saturated heterocycles. The zero-order valence-electron chi connectivity index (χ0n) is 15.7. The molecule has 144 valence electrons. The Labute approximate surface area is 176 Å². The van der Waals surface area contributed by atoms with E-state index in [1.54, 1.807) is 36.4 Å². The number of hydrogen-bond acceptors (Lipinski definition) is 7. The smallest absolute Gasteiger partial charge is 0.238 e. The van der Waals surface area contributed by atoms with E-state index >= 15 is 0 Å². The Kier molecular flexibility index (Phi) is 6.08. The number of hydrogen-bond donors (Lipinski definition) is 2. The van der Waals surface area contributed by atoms with E-state index in [0.717, 1.165) is 11.1 Å². The second kappa shape index (κ2) is 8.70. The highest BCUT2D eigenvalue weighted by Gasteiger charge is 2.17. The summed E-state index contributed by atoms with van der Waals surface area (Å²) in [7, 11) is 0. The fourth-order valence-electron chi connectivity index (χ4n) is 2.73. The maximum Gasteiger partial charge on any atom is 0.238 e. The third-order valence-corrected chi connectivity index (χ3v) is 4.89. The lowest BCUT2D eigenvalue weighted by molar-refractivity contribution is 0.275. The second-order valence-electron chi connectivity index (χ2n) is 6.24. The molecule has 3 aromatic rings. The fourth-order valence-corrected chi connectivity index (χ4v) is 3.11. The quantitative estimate of drug-likeness (QED) is 0.583. The van der Waals surface area contributed by atoms with E-state index in [4.69, 9.17) is 15.3 Å². The van der Waals surface area contributed by atoms with Gasteiger partial charge in [0.1, 0.15) is 10.2 Å². The number of nitriles is 2. The molecule has 2 aromatic carbocycles. The summed E-state index contributed by atoms with van der Waals surface area (Å²) < 4.78 is 6.46. The molecule has 2 N–H and O–H groups in total. The summed E-state index contributed by atoms with van der Waals surface area (Å²) in [5, 5.41) is 30.7. The zero-order chi connectivity index (χ0) is 21.0. The topological polar surface area (TPSA) is 115 Å². The van der Waals surface area contributed by atoms with Crippen molar-refractivity contribution in [1.29, 1.82) is 10.5 Å². The van der Waals surface area contributed by atoms with Gasteiger partial charge in [-0.25, -0.2) is 4.98 Å². The first-order valence-corrected chi connectivity index (χ1v) is 9.38. The summed E-state index contributed by atoms with van der Waals surface area (Å²) in [6.45, 7) is 3.38. The average molecular weight is 450 g/mol. The number of nitrogens with zero attached hydrogens (tertiary/aromatic N) is 4. The number of aryl methyl sites for hydroxylation is 2. The first kappa shape index (κ1) is 20.3. The van der Waals surface area contributed by atoms with Crippen molar-refractivity contribution in [3.8, 4) is 23.8 Å². The molecule has 7 nitrogen and oxygen atoms in total. The van der Waals surface area contributed by atoms with Gasteiger partial charge in [0.25, 0.3) is 0 Å². The van der Waals surface area contributed by atoms with Crippen molar-refractivity contribution in [3.63, 3.8) is 0 Å². The van der Waals surface area contributed by atoms with Crippen molar-refractivity contribution < 1.29 is 9.84 Å². The number of anilines is 2. The molecular weight excluding hydrogens is 434 g/mol. The second-order valence-corrected chi connectivity index (χ2v) is 7.03. The maximum absolute atomic E-state index is 9.67. The van der Waals surface area contributed by atoms with Gasteiger partial charge in [0.05, 0.1) is 35.6 Å².